The average Bonchev–Trinajstić information content (AvgIpc) is 3.89. The van der Waals surface area contributed by atoms with Crippen molar-refractivity contribution in [2.45, 2.75) is 0 Å². The molecule has 0 amide bonds. The summed E-state index contributed by atoms with van der Waals surface area (Å²) in [5.74, 6) is -10.6. The number of fused-ring (bicyclic) bond motifs is 4. The molecule has 240 valence electrons. The molecule has 0 bridgehead atoms. The minimum Gasteiger partial charge on any atom is -0.435 e. The van der Waals surface area contributed by atoms with Gasteiger partial charge in [-0.25, -0.2) is 42.5 Å². The lowest BCUT2D eigenvalue weighted by molar-refractivity contribution is 0.411. The minimum atomic E-state index is -1.78. The van der Waals surface area contributed by atoms with Gasteiger partial charge in [-0.05, 0) is 57.9 Å². The van der Waals surface area contributed by atoms with Gasteiger partial charge >= 0.3 is 0 Å². The first-order chi connectivity index (χ1) is 23.6. The fourth-order valence-electron chi connectivity index (χ4n) is 5.36. The molecule has 49 heavy (non-hydrogen) atoms. The molecule has 3 aromatic carbocycles. The van der Waals surface area contributed by atoms with Crippen molar-refractivity contribution in [3.05, 3.63) is 96.1 Å². The second-order valence-corrected chi connectivity index (χ2v) is 12.6. The first kappa shape index (κ1) is 29.3. The van der Waals surface area contributed by atoms with E-state index in [1.54, 1.807) is 24.3 Å². The highest BCUT2D eigenvalue weighted by atomic mass is 32.1. The number of nitrogens with zero attached hydrogens (tertiary/aromatic N) is 6. The van der Waals surface area contributed by atoms with Crippen LogP contribution in [0.5, 0.6) is 0 Å². The molecule has 6 aromatic heterocycles. The van der Waals surface area contributed by atoms with Crippen molar-refractivity contribution in [1.82, 2.24) is 29.9 Å². The van der Waals surface area contributed by atoms with Crippen LogP contribution in [0.2, 0.25) is 0 Å². The Morgan fingerprint density at radius 1 is 0.469 bits per heavy atom. The Morgan fingerprint density at radius 2 is 1.00 bits per heavy atom. The van der Waals surface area contributed by atoms with E-state index in [9.17, 15) is 30.7 Å². The highest BCUT2D eigenvalue weighted by Crippen LogP contribution is 2.39. The molecule has 8 nitrogen and oxygen atoms in total. The second-order valence-electron chi connectivity index (χ2n) is 10.6. The lowest BCUT2D eigenvalue weighted by Gasteiger charge is -2.02. The Labute approximate surface area is 274 Å². The van der Waals surface area contributed by atoms with Crippen molar-refractivity contribution in [3.63, 3.8) is 0 Å². The first-order valence-corrected chi connectivity index (χ1v) is 15.5. The van der Waals surface area contributed by atoms with Crippen LogP contribution in [0.3, 0.4) is 0 Å². The summed E-state index contributed by atoms with van der Waals surface area (Å²) < 4.78 is 110. The van der Waals surface area contributed by atoms with Crippen molar-refractivity contribution in [2.24, 2.45) is 0 Å². The van der Waals surface area contributed by atoms with Crippen LogP contribution < -0.4 is 0 Å². The van der Waals surface area contributed by atoms with Crippen LogP contribution in [0.15, 0.2) is 63.8 Å². The SMILES string of the molecule is Fc1cnc(F)c(F)c1-c1ncc(-c2nc3cc4cc5cc6oc(-c7ncc(-c8c(F)c(F)nc(F)c8F)s7)nc6cc5cc4cc3o2)s1. The Kier molecular flexibility index (Phi) is 6.34. The van der Waals surface area contributed by atoms with Gasteiger partial charge in [0.2, 0.25) is 11.8 Å². The van der Waals surface area contributed by atoms with E-state index in [4.69, 9.17) is 8.83 Å². The zero-order chi connectivity index (χ0) is 33.7. The fraction of sp³-hybridized carbons (Fsp3) is 0. The Bertz CT molecular complexity index is 2730. The van der Waals surface area contributed by atoms with Crippen molar-refractivity contribution in [2.75, 3.05) is 0 Å². The molecule has 6 heterocycles. The van der Waals surface area contributed by atoms with Crippen molar-refractivity contribution in [1.29, 1.82) is 0 Å². The molecule has 0 N–H and O–H groups in total. The summed E-state index contributed by atoms with van der Waals surface area (Å²) in [6, 6.07) is 10.9. The molecule has 9 rings (SSSR count). The Morgan fingerprint density at radius 3 is 1.67 bits per heavy atom. The maximum Gasteiger partial charge on any atom is 0.256 e. The quantitative estimate of drug-likeness (QED) is 0.101. The number of aromatic nitrogens is 6. The predicted octanol–water partition coefficient (Wildman–Crippen LogP) is 9.62. The monoisotopic (exact) mass is 706 g/mol. The number of rotatable bonds is 4. The number of halogens is 7. The van der Waals surface area contributed by atoms with Crippen LogP contribution >= 0.6 is 22.7 Å². The summed E-state index contributed by atoms with van der Waals surface area (Å²) in [6.07, 6.45) is 2.97. The molecule has 0 spiro atoms. The zero-order valence-electron chi connectivity index (χ0n) is 23.7. The van der Waals surface area contributed by atoms with E-state index in [-0.39, 0.29) is 26.7 Å². The van der Waals surface area contributed by atoms with Gasteiger partial charge in [0.25, 0.3) is 17.8 Å². The highest BCUT2D eigenvalue weighted by molar-refractivity contribution is 7.18. The largest absolute Gasteiger partial charge is 0.435 e. The van der Waals surface area contributed by atoms with Crippen LogP contribution in [-0.4, -0.2) is 29.9 Å². The minimum absolute atomic E-state index is 0.0296. The number of benzene rings is 3. The molecule has 0 aliphatic carbocycles. The third-order valence-corrected chi connectivity index (χ3v) is 9.61. The van der Waals surface area contributed by atoms with Crippen LogP contribution in [0.4, 0.5) is 30.7 Å². The van der Waals surface area contributed by atoms with E-state index < -0.39 is 52.2 Å². The van der Waals surface area contributed by atoms with Gasteiger partial charge in [-0.3, -0.25) is 0 Å². The molecule has 0 aliphatic heterocycles. The molecule has 0 atom stereocenters. The van der Waals surface area contributed by atoms with Gasteiger partial charge in [0, 0.05) is 6.20 Å². The van der Waals surface area contributed by atoms with Crippen molar-refractivity contribution < 1.29 is 39.6 Å². The smallest absolute Gasteiger partial charge is 0.256 e. The summed E-state index contributed by atoms with van der Waals surface area (Å²) in [7, 11) is 0. The number of pyridine rings is 2. The fourth-order valence-corrected chi connectivity index (χ4v) is 7.12. The van der Waals surface area contributed by atoms with Gasteiger partial charge in [0.15, 0.2) is 39.4 Å². The van der Waals surface area contributed by atoms with Gasteiger partial charge in [-0.2, -0.15) is 18.2 Å². The normalized spacial score (nSPS) is 12.0. The number of hydrogen-bond acceptors (Lipinski definition) is 10. The summed E-state index contributed by atoms with van der Waals surface area (Å²) in [5.41, 5.74) is 0.181. The summed E-state index contributed by atoms with van der Waals surface area (Å²) in [5, 5.41) is 3.16. The molecule has 0 saturated heterocycles. The second kappa shape index (κ2) is 10.6. The predicted molar refractivity (Wildman–Crippen MR) is 165 cm³/mol. The average molecular weight is 707 g/mol. The molecule has 0 fully saturated rings. The van der Waals surface area contributed by atoms with Gasteiger partial charge in [0.05, 0.1) is 28.4 Å². The first-order valence-electron chi connectivity index (χ1n) is 13.8. The van der Waals surface area contributed by atoms with E-state index >= 15 is 0 Å². The molecule has 17 heteroatoms. The third kappa shape index (κ3) is 4.64. The third-order valence-electron chi connectivity index (χ3n) is 7.60. The molecular formula is C32H9F7N6O2S2. The summed E-state index contributed by atoms with van der Waals surface area (Å²) in [6.45, 7) is 0. The Balaban J connectivity index is 1.07. The lowest BCUT2D eigenvalue weighted by atomic mass is 10.0. The molecule has 0 radical (unpaired) electrons. The van der Waals surface area contributed by atoms with Gasteiger partial charge in [0.1, 0.15) is 20.9 Å². The van der Waals surface area contributed by atoms with Crippen LogP contribution in [-0.2, 0) is 0 Å². The Hall–Kier alpha value is -5.81. The van der Waals surface area contributed by atoms with Crippen LogP contribution in [0.1, 0.15) is 0 Å². The van der Waals surface area contributed by atoms with Gasteiger partial charge in [-0.1, -0.05) is 0 Å². The molecule has 9 aromatic rings. The number of thiazole rings is 2. The van der Waals surface area contributed by atoms with Crippen molar-refractivity contribution >= 4 is 66.4 Å². The van der Waals surface area contributed by atoms with Gasteiger partial charge < -0.3 is 8.83 Å². The van der Waals surface area contributed by atoms with E-state index in [2.05, 4.69) is 29.9 Å². The standard InChI is InChI=1S/C32H9F7N6O2S2/c33-14-7-40-26(37)23(34)21(14)31-41-9-20(49-31)29-43-15-3-10-1-13-6-18-16(4-11(13)2-12(10)5-17(15)46-29)44-30(47-18)32-42-8-19(48-32)22-24(35)27(38)45-28(39)25(22)36/h1-9H. The maximum absolute atomic E-state index is 14.3. The van der Waals surface area contributed by atoms with E-state index in [0.29, 0.717) is 33.3 Å². The van der Waals surface area contributed by atoms with E-state index in [0.717, 1.165) is 50.4 Å². The molecule has 0 unspecified atom stereocenters. The van der Waals surface area contributed by atoms with Crippen LogP contribution in [0, 0.1) is 41.1 Å². The maximum atomic E-state index is 14.3. The van der Waals surface area contributed by atoms with E-state index in [1.165, 1.54) is 6.20 Å². The van der Waals surface area contributed by atoms with Crippen molar-refractivity contribution in [3.8, 4) is 42.7 Å². The lowest BCUT2D eigenvalue weighted by Crippen LogP contribution is -2.02. The number of oxazole rings is 2. The molecular weight excluding hydrogens is 698 g/mol. The van der Waals surface area contributed by atoms with E-state index in [1.807, 2.05) is 12.1 Å². The van der Waals surface area contributed by atoms with Crippen LogP contribution in [0.25, 0.3) is 86.4 Å². The topological polar surface area (TPSA) is 104 Å². The molecule has 0 saturated carbocycles. The highest BCUT2D eigenvalue weighted by Gasteiger charge is 2.25. The zero-order valence-corrected chi connectivity index (χ0v) is 25.3. The summed E-state index contributed by atoms with van der Waals surface area (Å²) >= 11 is 1.60. The van der Waals surface area contributed by atoms with Gasteiger partial charge in [-0.15, -0.1) is 22.7 Å². The molecule has 0 aliphatic rings. The number of hydrogen-bond donors (Lipinski definition) is 0. The summed E-state index contributed by atoms with van der Waals surface area (Å²) in [4.78, 5) is 22.9.